The number of carbonyl (C=O) groups excluding carboxylic acids is 2. The smallest absolute Gasteiger partial charge is 0.246 e. The van der Waals surface area contributed by atoms with Crippen molar-refractivity contribution >= 4 is 33.7 Å². The first kappa shape index (κ1) is 18.8. The summed E-state index contributed by atoms with van der Waals surface area (Å²) in [6, 6.07) is 16.1. The highest BCUT2D eigenvalue weighted by atomic mass is 16.1. The van der Waals surface area contributed by atoms with E-state index < -0.39 is 0 Å². The van der Waals surface area contributed by atoms with Gasteiger partial charge in [-0.3, -0.25) is 9.59 Å². The minimum Gasteiger partial charge on any atom is -0.352 e. The molecule has 0 saturated heterocycles. The Kier molecular flexibility index (Phi) is 5.99. The van der Waals surface area contributed by atoms with E-state index in [1.165, 1.54) is 5.56 Å². The van der Waals surface area contributed by atoms with Gasteiger partial charge in [-0.15, -0.1) is 0 Å². The normalized spacial score (nSPS) is 10.9. The second-order valence-electron chi connectivity index (χ2n) is 6.67. The Labute approximate surface area is 159 Å². The van der Waals surface area contributed by atoms with Crippen LogP contribution in [0.5, 0.6) is 0 Å². The fourth-order valence-electron chi connectivity index (χ4n) is 3.35. The lowest BCUT2D eigenvalue weighted by Crippen LogP contribution is -2.27. The second kappa shape index (κ2) is 8.60. The Bertz CT molecular complexity index is 951. The molecule has 0 aliphatic heterocycles. The molecule has 0 aliphatic rings. The van der Waals surface area contributed by atoms with Gasteiger partial charge in [0.15, 0.2) is 6.29 Å². The van der Waals surface area contributed by atoms with Gasteiger partial charge in [0.05, 0.1) is 0 Å². The third kappa shape index (κ3) is 4.07. The van der Waals surface area contributed by atoms with Gasteiger partial charge in [0.1, 0.15) is 0 Å². The van der Waals surface area contributed by atoms with Crippen LogP contribution in [0.3, 0.4) is 0 Å². The summed E-state index contributed by atoms with van der Waals surface area (Å²) in [4.78, 5) is 23.2. The maximum absolute atomic E-state index is 11.7. The number of fused-ring (bicyclic) bond motifs is 2. The van der Waals surface area contributed by atoms with Crippen molar-refractivity contribution in [2.75, 3.05) is 13.1 Å². The zero-order chi connectivity index (χ0) is 19.2. The monoisotopic (exact) mass is 360 g/mol. The zero-order valence-corrected chi connectivity index (χ0v) is 15.5. The van der Waals surface area contributed by atoms with Crippen molar-refractivity contribution in [2.24, 2.45) is 0 Å². The molecule has 0 aliphatic carbocycles. The van der Waals surface area contributed by atoms with Crippen LogP contribution in [-0.4, -0.2) is 25.3 Å². The van der Waals surface area contributed by atoms with E-state index in [1.807, 2.05) is 36.4 Å². The van der Waals surface area contributed by atoms with Crippen molar-refractivity contribution < 1.29 is 9.59 Å². The summed E-state index contributed by atoms with van der Waals surface area (Å²) in [6.07, 6.45) is 1.79. The number of hydrogen-bond acceptors (Lipinski definition) is 3. The molecular formula is C23H24N2O2. The minimum absolute atomic E-state index is 0.101. The van der Waals surface area contributed by atoms with Crippen LogP contribution in [0.1, 0.15) is 29.3 Å². The van der Waals surface area contributed by atoms with Gasteiger partial charge in [-0.05, 0) is 47.0 Å². The molecule has 0 radical (unpaired) electrons. The maximum Gasteiger partial charge on any atom is 0.246 e. The predicted octanol–water partition coefficient (Wildman–Crippen LogP) is 3.98. The lowest BCUT2D eigenvalue weighted by molar-refractivity contribution is -0.117. The molecule has 0 fully saturated rings. The molecule has 0 spiro atoms. The van der Waals surface area contributed by atoms with Gasteiger partial charge < -0.3 is 10.6 Å². The Balaban J connectivity index is 1.79. The predicted molar refractivity (Wildman–Crippen MR) is 111 cm³/mol. The van der Waals surface area contributed by atoms with Crippen molar-refractivity contribution in [3.8, 4) is 0 Å². The summed E-state index contributed by atoms with van der Waals surface area (Å²) in [5.74, 6) is -0.101. The maximum atomic E-state index is 11.7. The molecule has 4 nitrogen and oxygen atoms in total. The highest BCUT2D eigenvalue weighted by molar-refractivity contribution is 6.14. The Hall–Kier alpha value is -2.98. The molecular weight excluding hydrogens is 336 g/mol. The van der Waals surface area contributed by atoms with Gasteiger partial charge >= 0.3 is 0 Å². The summed E-state index contributed by atoms with van der Waals surface area (Å²) < 4.78 is 0. The highest BCUT2D eigenvalue weighted by Crippen LogP contribution is 2.31. The first-order chi connectivity index (χ1) is 13.1. The van der Waals surface area contributed by atoms with Crippen molar-refractivity contribution in [3.63, 3.8) is 0 Å². The van der Waals surface area contributed by atoms with Gasteiger partial charge in [-0.25, -0.2) is 0 Å². The molecule has 2 N–H and O–H groups in total. The molecule has 27 heavy (non-hydrogen) atoms. The van der Waals surface area contributed by atoms with Gasteiger partial charge in [0.25, 0.3) is 0 Å². The highest BCUT2D eigenvalue weighted by Gasteiger charge is 2.12. The van der Waals surface area contributed by atoms with Gasteiger partial charge in [-0.2, -0.15) is 0 Å². The molecule has 0 bridgehead atoms. The minimum atomic E-state index is -0.101. The molecule has 3 aromatic carbocycles. The van der Waals surface area contributed by atoms with E-state index in [1.54, 1.807) is 6.92 Å². The first-order valence-electron chi connectivity index (χ1n) is 9.15. The molecule has 3 aromatic rings. The molecule has 0 heterocycles. The Morgan fingerprint density at radius 3 is 2.04 bits per heavy atom. The first-order valence-corrected chi connectivity index (χ1v) is 9.15. The third-order valence-corrected chi connectivity index (χ3v) is 4.71. The lowest BCUT2D eigenvalue weighted by Gasteiger charge is -2.15. The topological polar surface area (TPSA) is 58.2 Å². The molecule has 3 rings (SSSR count). The van der Waals surface area contributed by atoms with E-state index >= 15 is 0 Å². The summed E-state index contributed by atoms with van der Waals surface area (Å²) in [6.45, 7) is 7.44. The van der Waals surface area contributed by atoms with Crippen molar-refractivity contribution in [1.29, 1.82) is 0 Å². The zero-order valence-electron chi connectivity index (χ0n) is 15.5. The quantitative estimate of drug-likeness (QED) is 0.276. The summed E-state index contributed by atoms with van der Waals surface area (Å²) >= 11 is 0. The van der Waals surface area contributed by atoms with Crippen LogP contribution < -0.4 is 10.6 Å². The molecule has 138 valence electrons. The molecule has 1 amide bonds. The number of aldehydes is 1. The molecule has 4 heteroatoms. The Morgan fingerprint density at radius 1 is 0.963 bits per heavy atom. The van der Waals surface area contributed by atoms with Gasteiger partial charge in [0.2, 0.25) is 5.91 Å². The second-order valence-corrected chi connectivity index (χ2v) is 6.67. The molecule has 0 unspecified atom stereocenters. The standard InChI is InChI=1S/C23H24N2O2/c1-16(2)23(27)25-13-7-12-24-14-21-17-8-3-5-10-19(17)22(15-26)20-11-6-4-9-18(20)21/h3-6,8-11,15,24H,1,7,12-14H2,2H3,(H,25,27). The third-order valence-electron chi connectivity index (χ3n) is 4.71. The summed E-state index contributed by atoms with van der Waals surface area (Å²) in [5, 5.41) is 10.5. The Morgan fingerprint density at radius 2 is 1.52 bits per heavy atom. The van der Waals surface area contributed by atoms with Crippen molar-refractivity contribution in [1.82, 2.24) is 10.6 Å². The van der Waals surface area contributed by atoms with E-state index in [2.05, 4.69) is 29.3 Å². The van der Waals surface area contributed by atoms with Crippen LogP contribution in [0.4, 0.5) is 0 Å². The lowest BCUT2D eigenvalue weighted by atomic mass is 9.92. The van der Waals surface area contributed by atoms with E-state index in [0.29, 0.717) is 18.7 Å². The van der Waals surface area contributed by atoms with Crippen LogP contribution in [0.25, 0.3) is 21.5 Å². The van der Waals surface area contributed by atoms with E-state index in [9.17, 15) is 9.59 Å². The van der Waals surface area contributed by atoms with Crippen molar-refractivity contribution in [3.05, 3.63) is 71.8 Å². The number of nitrogens with one attached hydrogen (secondary N) is 2. The fraction of sp³-hybridized carbons (Fsp3) is 0.217. The van der Waals surface area contributed by atoms with Gasteiger partial charge in [-0.1, -0.05) is 55.1 Å². The fourth-order valence-corrected chi connectivity index (χ4v) is 3.35. The largest absolute Gasteiger partial charge is 0.352 e. The van der Waals surface area contributed by atoms with E-state index in [0.717, 1.165) is 46.4 Å². The molecule has 0 atom stereocenters. The number of benzene rings is 3. The van der Waals surface area contributed by atoms with Gasteiger partial charge in [0, 0.05) is 24.2 Å². The van der Waals surface area contributed by atoms with Crippen LogP contribution in [0.15, 0.2) is 60.7 Å². The van der Waals surface area contributed by atoms with Crippen LogP contribution in [0.2, 0.25) is 0 Å². The summed E-state index contributed by atoms with van der Waals surface area (Å²) in [7, 11) is 0. The SMILES string of the molecule is C=C(C)C(=O)NCCCNCc1c2ccccc2c(C=O)c2ccccc12. The van der Waals surface area contributed by atoms with E-state index in [4.69, 9.17) is 0 Å². The number of amides is 1. The van der Waals surface area contributed by atoms with Crippen LogP contribution in [0, 0.1) is 0 Å². The number of carbonyl (C=O) groups is 2. The van der Waals surface area contributed by atoms with Crippen LogP contribution >= 0.6 is 0 Å². The average molecular weight is 360 g/mol. The molecule has 0 aromatic heterocycles. The number of rotatable bonds is 8. The van der Waals surface area contributed by atoms with Crippen molar-refractivity contribution in [2.45, 2.75) is 19.9 Å². The summed E-state index contributed by atoms with van der Waals surface area (Å²) in [5.41, 5.74) is 2.46. The van der Waals surface area contributed by atoms with Crippen LogP contribution in [-0.2, 0) is 11.3 Å². The molecule has 0 saturated carbocycles. The average Bonchev–Trinajstić information content (AvgIpc) is 2.69. The van der Waals surface area contributed by atoms with E-state index in [-0.39, 0.29) is 5.91 Å². The number of hydrogen-bond donors (Lipinski definition) is 2.